The molecule has 0 radical (unpaired) electrons. The van der Waals surface area contributed by atoms with E-state index in [0.29, 0.717) is 16.6 Å². The second kappa shape index (κ2) is 5.52. The normalized spacial score (nSPS) is 18.1. The number of amides is 1. The smallest absolute Gasteiger partial charge is 0.249 e. The fourth-order valence-electron chi connectivity index (χ4n) is 3.08. The zero-order valence-electron chi connectivity index (χ0n) is 11.9. The van der Waals surface area contributed by atoms with Crippen LogP contribution in [0.1, 0.15) is 24.2 Å². The van der Waals surface area contributed by atoms with E-state index in [1.807, 2.05) is 17.9 Å². The van der Waals surface area contributed by atoms with Gasteiger partial charge < -0.3 is 14.6 Å². The number of methoxy groups -OCH3 is 1. The van der Waals surface area contributed by atoms with Crippen LogP contribution in [0.2, 0.25) is 10.0 Å². The quantitative estimate of drug-likeness (QED) is 0.916. The Kier molecular flexibility index (Phi) is 3.86. The number of H-pyrrole nitrogens is 1. The highest BCUT2D eigenvalue weighted by atomic mass is 35.5. The molecule has 0 saturated carbocycles. The predicted octanol–water partition coefficient (Wildman–Crippen LogP) is 3.57. The monoisotopic (exact) mass is 326 g/mol. The first-order chi connectivity index (χ1) is 10.0. The topological polar surface area (TPSA) is 45.3 Å². The van der Waals surface area contributed by atoms with Gasteiger partial charge in [-0.1, -0.05) is 29.3 Å². The van der Waals surface area contributed by atoms with Crippen LogP contribution < -0.4 is 0 Å². The molecule has 0 saturated heterocycles. The lowest BCUT2D eigenvalue weighted by molar-refractivity contribution is -0.137. The average Bonchev–Trinajstić information content (AvgIpc) is 2.83. The van der Waals surface area contributed by atoms with Crippen molar-refractivity contribution in [2.75, 3.05) is 20.3 Å². The molecule has 0 fully saturated rings. The highest BCUT2D eigenvalue weighted by Gasteiger charge is 2.30. The van der Waals surface area contributed by atoms with Crippen molar-refractivity contribution in [1.29, 1.82) is 0 Å². The number of rotatable bonds is 2. The Morgan fingerprint density at radius 1 is 1.48 bits per heavy atom. The summed E-state index contributed by atoms with van der Waals surface area (Å²) in [5.74, 6) is 0.00469. The fourth-order valence-corrected chi connectivity index (χ4v) is 3.45. The van der Waals surface area contributed by atoms with Crippen molar-refractivity contribution in [2.45, 2.75) is 19.4 Å². The number of ether oxygens (including phenoxy) is 1. The largest absolute Gasteiger partial charge is 0.375 e. The molecule has 4 nitrogen and oxygen atoms in total. The molecule has 1 amide bonds. The van der Waals surface area contributed by atoms with Gasteiger partial charge in [0.1, 0.15) is 6.61 Å². The van der Waals surface area contributed by atoms with Crippen LogP contribution in [0.3, 0.4) is 0 Å². The fraction of sp³-hybridized carbons (Fsp3) is 0.400. The highest BCUT2D eigenvalue weighted by molar-refractivity contribution is 6.45. The Morgan fingerprint density at radius 3 is 2.95 bits per heavy atom. The average molecular weight is 327 g/mol. The van der Waals surface area contributed by atoms with Gasteiger partial charge in [0.15, 0.2) is 0 Å². The van der Waals surface area contributed by atoms with Gasteiger partial charge in [0.2, 0.25) is 5.91 Å². The van der Waals surface area contributed by atoms with Crippen LogP contribution in [-0.2, 0) is 16.0 Å². The minimum Gasteiger partial charge on any atom is -0.375 e. The summed E-state index contributed by atoms with van der Waals surface area (Å²) in [4.78, 5) is 17.4. The standard InChI is InChI=1S/C15H16Cl2N2O2/c1-8-13-9-3-4-10(16)14(17)15(9)18-11(13)5-6-19(8)12(20)7-21-2/h3-4,8,18H,5-7H2,1-2H3/t8-/m0/s1. The third-order valence-electron chi connectivity index (χ3n) is 4.06. The number of hydrogen-bond donors (Lipinski definition) is 1. The molecule has 2 aromatic rings. The van der Waals surface area contributed by atoms with Crippen LogP contribution >= 0.6 is 23.2 Å². The van der Waals surface area contributed by atoms with Crippen molar-refractivity contribution >= 4 is 40.0 Å². The molecule has 1 aliphatic rings. The number of aromatic amines is 1. The Morgan fingerprint density at radius 2 is 2.24 bits per heavy atom. The Bertz CT molecular complexity index is 711. The van der Waals surface area contributed by atoms with Crippen molar-refractivity contribution in [1.82, 2.24) is 9.88 Å². The molecule has 1 aliphatic heterocycles. The minimum atomic E-state index is -0.0117. The number of nitrogens with one attached hydrogen (secondary N) is 1. The van der Waals surface area contributed by atoms with Crippen molar-refractivity contribution in [3.05, 3.63) is 33.4 Å². The molecule has 1 atom stereocenters. The van der Waals surface area contributed by atoms with E-state index in [4.69, 9.17) is 27.9 Å². The molecular formula is C15H16Cl2N2O2. The number of carbonyl (C=O) groups excluding carboxylic acids is 1. The van der Waals surface area contributed by atoms with Gasteiger partial charge in [-0.3, -0.25) is 4.79 Å². The van der Waals surface area contributed by atoms with Gasteiger partial charge in [-0.15, -0.1) is 0 Å². The molecular weight excluding hydrogens is 311 g/mol. The van der Waals surface area contributed by atoms with Crippen molar-refractivity contribution in [3.8, 4) is 0 Å². The lowest BCUT2D eigenvalue weighted by Gasteiger charge is -2.33. The van der Waals surface area contributed by atoms with E-state index >= 15 is 0 Å². The minimum absolute atomic E-state index is 0.00469. The van der Waals surface area contributed by atoms with E-state index in [-0.39, 0.29) is 18.6 Å². The van der Waals surface area contributed by atoms with Gasteiger partial charge in [-0.05, 0) is 13.0 Å². The lowest BCUT2D eigenvalue weighted by atomic mass is 9.97. The summed E-state index contributed by atoms with van der Waals surface area (Å²) >= 11 is 12.4. The molecule has 1 aromatic carbocycles. The van der Waals surface area contributed by atoms with Crippen molar-refractivity contribution in [3.63, 3.8) is 0 Å². The third kappa shape index (κ3) is 2.31. The summed E-state index contributed by atoms with van der Waals surface area (Å²) in [5.41, 5.74) is 3.10. The zero-order chi connectivity index (χ0) is 15.1. The lowest BCUT2D eigenvalue weighted by Crippen LogP contribution is -2.40. The Labute approximate surface area is 133 Å². The summed E-state index contributed by atoms with van der Waals surface area (Å²) in [6, 6.07) is 3.74. The molecule has 0 unspecified atom stereocenters. The van der Waals surface area contributed by atoms with E-state index in [9.17, 15) is 4.79 Å². The maximum absolute atomic E-state index is 12.1. The Balaban J connectivity index is 2.09. The van der Waals surface area contributed by atoms with Gasteiger partial charge in [-0.2, -0.15) is 0 Å². The first kappa shape index (κ1) is 14.7. The second-order valence-electron chi connectivity index (χ2n) is 5.25. The van der Waals surface area contributed by atoms with E-state index < -0.39 is 0 Å². The van der Waals surface area contributed by atoms with E-state index in [1.165, 1.54) is 7.11 Å². The summed E-state index contributed by atoms with van der Waals surface area (Å²) in [6.07, 6.45) is 0.776. The molecule has 2 heterocycles. The highest BCUT2D eigenvalue weighted by Crippen LogP contribution is 2.39. The van der Waals surface area contributed by atoms with E-state index in [1.54, 1.807) is 6.07 Å². The van der Waals surface area contributed by atoms with Crippen molar-refractivity contribution < 1.29 is 9.53 Å². The molecule has 1 N–H and O–H groups in total. The number of carbonyl (C=O) groups is 1. The molecule has 0 bridgehead atoms. The molecule has 0 aliphatic carbocycles. The maximum atomic E-state index is 12.1. The maximum Gasteiger partial charge on any atom is 0.249 e. The first-order valence-corrected chi connectivity index (χ1v) is 7.57. The van der Waals surface area contributed by atoms with Crippen LogP contribution in [-0.4, -0.2) is 36.1 Å². The van der Waals surface area contributed by atoms with Crippen molar-refractivity contribution in [2.24, 2.45) is 0 Å². The molecule has 1 aromatic heterocycles. The molecule has 3 rings (SSSR count). The summed E-state index contributed by atoms with van der Waals surface area (Å²) in [5, 5.41) is 2.09. The van der Waals surface area contributed by atoms with E-state index in [0.717, 1.165) is 28.6 Å². The number of hydrogen-bond acceptors (Lipinski definition) is 2. The van der Waals surface area contributed by atoms with Gasteiger partial charge in [0.05, 0.1) is 21.6 Å². The number of aromatic nitrogens is 1. The number of benzene rings is 1. The molecule has 112 valence electrons. The number of nitrogens with zero attached hydrogens (tertiary/aromatic N) is 1. The summed E-state index contributed by atoms with van der Waals surface area (Å²) in [7, 11) is 1.53. The van der Waals surface area contributed by atoms with Crippen LogP contribution in [0.5, 0.6) is 0 Å². The molecule has 0 spiro atoms. The second-order valence-corrected chi connectivity index (χ2v) is 6.03. The summed E-state index contributed by atoms with van der Waals surface area (Å²) in [6.45, 7) is 2.81. The van der Waals surface area contributed by atoms with Gasteiger partial charge in [0, 0.05) is 36.7 Å². The summed E-state index contributed by atoms with van der Waals surface area (Å²) < 4.78 is 4.96. The van der Waals surface area contributed by atoms with Crippen LogP contribution in [0.15, 0.2) is 12.1 Å². The molecule has 21 heavy (non-hydrogen) atoms. The zero-order valence-corrected chi connectivity index (χ0v) is 13.4. The SMILES string of the molecule is COCC(=O)N1CCc2[nH]c3c(Cl)c(Cl)ccc3c2[C@@H]1C. The van der Waals surface area contributed by atoms with Gasteiger partial charge in [0.25, 0.3) is 0 Å². The number of fused-ring (bicyclic) bond motifs is 3. The van der Waals surface area contributed by atoms with Crippen LogP contribution in [0.4, 0.5) is 0 Å². The predicted molar refractivity (Wildman–Crippen MR) is 84.0 cm³/mol. The number of halogens is 2. The molecule has 6 heteroatoms. The van der Waals surface area contributed by atoms with Crippen LogP contribution in [0, 0.1) is 0 Å². The van der Waals surface area contributed by atoms with Crippen LogP contribution in [0.25, 0.3) is 10.9 Å². The van der Waals surface area contributed by atoms with E-state index in [2.05, 4.69) is 4.98 Å². The third-order valence-corrected chi connectivity index (χ3v) is 4.87. The van der Waals surface area contributed by atoms with Gasteiger partial charge in [-0.25, -0.2) is 0 Å². The first-order valence-electron chi connectivity index (χ1n) is 6.81. The Hall–Kier alpha value is -1.23. The van der Waals surface area contributed by atoms with Gasteiger partial charge >= 0.3 is 0 Å².